The van der Waals surface area contributed by atoms with Crippen LogP contribution in [-0.2, 0) is 39.5 Å². The van der Waals surface area contributed by atoms with Crippen LogP contribution in [-0.4, -0.2) is 97.2 Å². The number of pyridine rings is 8. The van der Waals surface area contributed by atoms with Crippen LogP contribution >= 0.6 is 47.0 Å². The summed E-state index contributed by atoms with van der Waals surface area (Å²) in [4.78, 5) is 137. The van der Waals surface area contributed by atoms with Crippen LogP contribution in [0.3, 0.4) is 0 Å². The van der Waals surface area contributed by atoms with Gasteiger partial charge in [-0.15, -0.1) is 0 Å². The maximum Gasteiger partial charge on any atom is 0.228 e. The second-order valence-corrected chi connectivity index (χ2v) is 37.1. The molecule has 8 aromatic heterocycles. The maximum absolute atomic E-state index is 13.3. The lowest BCUT2D eigenvalue weighted by atomic mass is 10.0. The molecule has 14 aromatic carbocycles. The molecule has 0 radical (unpaired) electrons. The van der Waals surface area contributed by atoms with Crippen molar-refractivity contribution in [3.8, 4) is 0 Å². The van der Waals surface area contributed by atoms with Crippen molar-refractivity contribution in [2.45, 2.75) is 66.1 Å². The third-order valence-corrected chi connectivity index (χ3v) is 27.5. The van der Waals surface area contributed by atoms with Crippen LogP contribution in [0.4, 0.5) is 0 Å². The number of carbonyl (C=O) groups is 2. The zero-order valence-electron chi connectivity index (χ0n) is 76.0. The number of nitrogens with zero attached hydrogens (tertiary/aromatic N) is 6. The molecule has 2 N–H and O–H groups in total. The van der Waals surface area contributed by atoms with Gasteiger partial charge in [-0.3, -0.25) is 57.1 Å². The fourth-order valence-electron chi connectivity index (χ4n) is 18.4. The summed E-state index contributed by atoms with van der Waals surface area (Å²) < 4.78 is 11.4. The molecule has 674 valence electrons. The number of thioether (sulfide) groups is 4. The summed E-state index contributed by atoms with van der Waals surface area (Å²) in [5.41, 5.74) is 13.8. The number of carbonyl (C=O) groups excluding carboxylic acids is 2. The first-order valence-electron chi connectivity index (χ1n) is 44.8. The van der Waals surface area contributed by atoms with Gasteiger partial charge in [0.05, 0.1) is 77.2 Å². The summed E-state index contributed by atoms with van der Waals surface area (Å²) in [6.45, 7) is 7.18. The molecule has 135 heavy (non-hydrogen) atoms. The van der Waals surface area contributed by atoms with Crippen molar-refractivity contribution in [3.05, 3.63) is 396 Å². The molecule has 22 rings (SSSR count). The van der Waals surface area contributed by atoms with E-state index in [4.69, 9.17) is 0 Å². The molecular weight excluding hydrogens is 1760 g/mol. The number of fused-ring (bicyclic) bond motifs is 16. The third-order valence-electron chi connectivity index (χ3n) is 25.0. The number of H-pyrrole nitrogens is 2. The molecule has 0 aliphatic heterocycles. The standard InChI is InChI=1S/C25H22N2O2S.C24H16N2O4.C24H20N2O2S.C22H16N2O2.2C9H12S/c1-30-13-7-6-12-27-22-11-5-3-9-17(22)25(29)19-14-21-18(15-23(19)27)24(28)16-8-2-4-10-20(16)26-21;1-13(27)25-19-9-5-3-7-15(19)23(29)17-12-22-18(11-21(17)25)24(30)16-8-4-6-10-20(16)26(22)14(2)28;1-25-19-9-5-3-7-15(19)23(27)17-14-22-18(13-21(17)25)24(28)16-8-4-6-10-20(16)26(22)11-12-29-2;1-2-24-19-10-6-4-8-14(19)22(26)16-11-18-15(12-20(16)24)21(25)13-7-3-5-9-17(13)23-18;2*1-10-8-7-9-5-3-2-4-6-9/h2-5,8-11,14-15H,6-7,12-13H2,1H3,(H,26,28);3-12H,1-2H3;3-10,13-14H,11-12H2,1-2H3;3-12H,2H2,1H3,(H,23,25);2*2-6H,7-8H2,1H3. The lowest BCUT2D eigenvalue weighted by molar-refractivity contribution is 0.0936. The number of unbranched alkanes of at least 4 members (excludes halogenated alkanes) is 1. The highest BCUT2D eigenvalue weighted by atomic mass is 32.2. The highest BCUT2D eigenvalue weighted by molar-refractivity contribution is 7.99. The first-order valence-corrected chi connectivity index (χ1v) is 50.4. The molecule has 0 atom stereocenters. The molecule has 0 aliphatic rings. The molecule has 8 heterocycles. The molecule has 0 spiro atoms. The Hall–Kier alpha value is -14.4. The van der Waals surface area contributed by atoms with Crippen molar-refractivity contribution in [1.82, 2.24) is 37.4 Å². The summed E-state index contributed by atoms with van der Waals surface area (Å²) in [5, 5.41) is 9.31. The minimum atomic E-state index is -0.275. The molecule has 0 unspecified atom stereocenters. The largest absolute Gasteiger partial charge is 0.354 e. The van der Waals surface area contributed by atoms with Crippen molar-refractivity contribution in [3.63, 3.8) is 0 Å². The van der Waals surface area contributed by atoms with E-state index in [9.17, 15) is 47.9 Å². The fraction of sp³-hybridized carbons (Fsp3) is 0.168. The number of aromatic nitrogens is 8. The Balaban J connectivity index is 0.000000117. The van der Waals surface area contributed by atoms with E-state index in [2.05, 4.69) is 109 Å². The summed E-state index contributed by atoms with van der Waals surface area (Å²) in [5.74, 6) is 3.94. The van der Waals surface area contributed by atoms with Gasteiger partial charge in [0.2, 0.25) is 11.8 Å². The first kappa shape index (κ1) is 92.4. The van der Waals surface area contributed by atoms with Crippen molar-refractivity contribution in [2.24, 2.45) is 7.05 Å². The van der Waals surface area contributed by atoms with Gasteiger partial charge in [-0.05, 0) is 232 Å². The Kier molecular flexibility index (Phi) is 28.1. The predicted octanol–water partition coefficient (Wildman–Crippen LogP) is 23.1. The Morgan fingerprint density at radius 1 is 0.252 bits per heavy atom. The summed E-state index contributed by atoms with van der Waals surface area (Å²) in [7, 11) is 1.95. The fourth-order valence-corrected chi connectivity index (χ4v) is 20.2. The lowest BCUT2D eigenvalue weighted by Gasteiger charge is -2.17. The van der Waals surface area contributed by atoms with E-state index in [1.807, 2.05) is 236 Å². The van der Waals surface area contributed by atoms with Crippen LogP contribution in [0.5, 0.6) is 0 Å². The minimum absolute atomic E-state index is 0.00351. The van der Waals surface area contributed by atoms with Crippen molar-refractivity contribution in [2.75, 3.05) is 48.0 Å². The second-order valence-electron chi connectivity index (χ2n) is 33.1. The van der Waals surface area contributed by atoms with Gasteiger partial charge < -0.3 is 28.2 Å². The van der Waals surface area contributed by atoms with Crippen molar-refractivity contribution in [1.29, 1.82) is 0 Å². The number of nitrogens with one attached hydrogen (secondary N) is 2. The van der Waals surface area contributed by atoms with E-state index in [0.717, 1.165) is 98.0 Å². The summed E-state index contributed by atoms with van der Waals surface area (Å²) >= 11 is 7.40. The minimum Gasteiger partial charge on any atom is -0.354 e. The predicted molar refractivity (Wildman–Crippen MR) is 575 cm³/mol. The number of rotatable bonds is 15. The van der Waals surface area contributed by atoms with Gasteiger partial charge in [0.1, 0.15) is 0 Å². The molecule has 0 aliphatic carbocycles. The van der Waals surface area contributed by atoms with E-state index in [1.165, 1.54) is 58.5 Å². The molecule has 22 aromatic rings. The highest BCUT2D eigenvalue weighted by Gasteiger charge is 2.23. The van der Waals surface area contributed by atoms with E-state index in [1.54, 1.807) is 72.4 Å². The molecule has 18 nitrogen and oxygen atoms in total. The van der Waals surface area contributed by atoms with Gasteiger partial charge in [0.15, 0.2) is 43.4 Å². The van der Waals surface area contributed by atoms with Gasteiger partial charge >= 0.3 is 0 Å². The average Bonchev–Trinajstić information content (AvgIpc) is 0.731. The van der Waals surface area contributed by atoms with E-state index in [-0.39, 0.29) is 66.0 Å². The van der Waals surface area contributed by atoms with Crippen molar-refractivity contribution < 1.29 is 9.59 Å². The number of benzene rings is 14. The monoisotopic (exact) mass is 1850 g/mol. The van der Waals surface area contributed by atoms with Crippen molar-refractivity contribution >= 4 is 233 Å². The van der Waals surface area contributed by atoms with Gasteiger partial charge in [-0.25, -0.2) is 0 Å². The lowest BCUT2D eigenvalue weighted by Crippen LogP contribution is -2.19. The average molecular weight is 1860 g/mol. The number of hydrogen-bond acceptors (Lipinski definition) is 14. The Bertz CT molecular complexity index is 8820. The number of aryl methyl sites for hydroxylation is 6. The Labute approximate surface area is 791 Å². The number of para-hydroxylation sites is 8. The SMILES string of the molecule is CC(=O)n1c2ccccc2c(=O)c2cc3c(cc21)c(=O)c1ccccc1n3C(C)=O.CCn1c2ccccc2c(=O)c2cc3[nH]c4ccccc4c(=O)c3cc21.CSCCCCn1c2ccccc2c(=O)c2cc3[nH]c4ccccc4c(=O)c3cc21.CSCCc1ccccc1.CSCCc1ccccc1.CSCCn1c2ccccc2c(=O)c2cc3c(cc21)c(=O)c1ccccc1n3C. The highest BCUT2D eigenvalue weighted by Crippen LogP contribution is 2.32. The van der Waals surface area contributed by atoms with Crippen LogP contribution in [0.1, 0.15) is 54.3 Å². The Morgan fingerprint density at radius 2 is 0.533 bits per heavy atom. The summed E-state index contributed by atoms with van der Waals surface area (Å²) in [6, 6.07) is 95.0. The number of aromatic amines is 2. The normalized spacial score (nSPS) is 11.4. The zero-order chi connectivity index (χ0) is 94.2. The van der Waals surface area contributed by atoms with Gasteiger partial charge in [-0.1, -0.05) is 158 Å². The van der Waals surface area contributed by atoms with E-state index >= 15 is 0 Å². The molecule has 0 amide bonds. The molecule has 22 heteroatoms. The van der Waals surface area contributed by atoms with E-state index < -0.39 is 0 Å². The topological polar surface area (TPSA) is 232 Å². The zero-order valence-corrected chi connectivity index (χ0v) is 79.3. The van der Waals surface area contributed by atoms with Crippen LogP contribution in [0, 0.1) is 0 Å². The quantitative estimate of drug-likeness (QED) is 0.0718. The molecular formula is C113H98N8O10S4. The number of hydrogen-bond donors (Lipinski definition) is 2. The van der Waals surface area contributed by atoms with Gasteiger partial charge in [0, 0.05) is 143 Å². The van der Waals surface area contributed by atoms with Crippen LogP contribution < -0.4 is 43.4 Å². The molecule has 0 bridgehead atoms. The first-order chi connectivity index (χ1) is 65.7. The van der Waals surface area contributed by atoms with Crippen LogP contribution in [0.25, 0.3) is 174 Å². The van der Waals surface area contributed by atoms with Gasteiger partial charge in [-0.2, -0.15) is 47.0 Å². The van der Waals surface area contributed by atoms with Gasteiger partial charge in [0.25, 0.3) is 0 Å². The van der Waals surface area contributed by atoms with Crippen LogP contribution in [0.2, 0.25) is 0 Å². The molecule has 0 saturated heterocycles. The van der Waals surface area contributed by atoms with Crippen LogP contribution in [0.15, 0.2) is 342 Å². The second kappa shape index (κ2) is 41.0. The third kappa shape index (κ3) is 18.2. The molecule has 0 fully saturated rings. The van der Waals surface area contributed by atoms with E-state index in [0.29, 0.717) is 110 Å². The smallest absolute Gasteiger partial charge is 0.228 e. The molecule has 0 saturated carbocycles. The maximum atomic E-state index is 13.3. The summed E-state index contributed by atoms with van der Waals surface area (Å²) in [6.07, 6.45) is 13.0. The Morgan fingerprint density at radius 3 is 0.926 bits per heavy atom.